The van der Waals surface area contributed by atoms with Crippen molar-refractivity contribution < 1.29 is 19.5 Å². The molecule has 0 rings (SSSR count). The fourth-order valence-electron chi connectivity index (χ4n) is 1.24. The first kappa shape index (κ1) is 16.4. The Morgan fingerprint density at radius 1 is 1.11 bits per heavy atom. The van der Waals surface area contributed by atoms with E-state index in [1.165, 1.54) is 13.8 Å². The highest BCUT2D eigenvalue weighted by Gasteiger charge is 2.31. The number of carbonyl (C=O) groups is 3. The van der Waals surface area contributed by atoms with E-state index in [4.69, 9.17) is 5.11 Å². The highest BCUT2D eigenvalue weighted by Crippen LogP contribution is 2.20. The van der Waals surface area contributed by atoms with Crippen LogP contribution in [0.15, 0.2) is 0 Å². The summed E-state index contributed by atoms with van der Waals surface area (Å²) in [4.78, 5) is 34.0. The highest BCUT2D eigenvalue weighted by atomic mass is 16.4. The summed E-state index contributed by atoms with van der Waals surface area (Å²) in [5, 5.41) is 14.0. The number of nitrogens with one attached hydrogen (secondary N) is 2. The van der Waals surface area contributed by atoms with E-state index < -0.39 is 23.3 Å². The van der Waals surface area contributed by atoms with Crippen molar-refractivity contribution in [3.63, 3.8) is 0 Å². The normalized spacial score (nSPS) is 13.0. The number of amides is 2. The van der Waals surface area contributed by atoms with Gasteiger partial charge in [0.25, 0.3) is 0 Å². The van der Waals surface area contributed by atoms with E-state index in [9.17, 15) is 14.4 Å². The summed E-state index contributed by atoms with van der Waals surface area (Å²) in [5.74, 6) is -1.78. The van der Waals surface area contributed by atoms with Gasteiger partial charge in [-0.1, -0.05) is 0 Å². The molecule has 0 aromatic heterocycles. The number of hydrogen-bond donors (Lipinski definition) is 3. The molecule has 1 atom stereocenters. The third-order valence-corrected chi connectivity index (χ3v) is 2.38. The van der Waals surface area contributed by atoms with Gasteiger partial charge in [0.05, 0.1) is 5.41 Å². The smallest absolute Gasteiger partial charge is 0.309 e. The fourth-order valence-corrected chi connectivity index (χ4v) is 1.24. The molecule has 0 aliphatic carbocycles. The molecule has 1 unspecified atom stereocenters. The van der Waals surface area contributed by atoms with Gasteiger partial charge >= 0.3 is 5.97 Å². The number of carboxylic acids is 1. The lowest BCUT2D eigenvalue weighted by atomic mass is 9.89. The van der Waals surface area contributed by atoms with Crippen molar-refractivity contribution in [2.75, 3.05) is 0 Å². The minimum Gasteiger partial charge on any atom is -0.481 e. The van der Waals surface area contributed by atoms with Gasteiger partial charge in [-0.15, -0.1) is 0 Å². The Bertz CT molecular complexity index is 337. The third kappa shape index (κ3) is 5.65. The van der Waals surface area contributed by atoms with Gasteiger partial charge in [-0.05, 0) is 34.6 Å². The van der Waals surface area contributed by atoms with E-state index in [-0.39, 0.29) is 18.4 Å². The molecular weight excluding hydrogens is 236 g/mol. The number of rotatable bonds is 6. The zero-order valence-corrected chi connectivity index (χ0v) is 11.5. The molecule has 0 radical (unpaired) electrons. The predicted octanol–water partition coefficient (Wildman–Crippen LogP) is 0.517. The predicted molar refractivity (Wildman–Crippen MR) is 66.9 cm³/mol. The summed E-state index contributed by atoms with van der Waals surface area (Å²) in [6.45, 7) is 8.13. The van der Waals surface area contributed by atoms with Gasteiger partial charge in [-0.3, -0.25) is 14.4 Å². The molecule has 0 saturated heterocycles. The van der Waals surface area contributed by atoms with Crippen LogP contribution < -0.4 is 10.6 Å². The molecular formula is C12H22N2O4. The van der Waals surface area contributed by atoms with E-state index in [0.717, 1.165) is 0 Å². The fraction of sp³-hybridized carbons (Fsp3) is 0.750. The van der Waals surface area contributed by atoms with Crippen LogP contribution in [-0.2, 0) is 14.4 Å². The van der Waals surface area contributed by atoms with E-state index in [1.807, 2.05) is 13.8 Å². The first-order chi connectivity index (χ1) is 8.06. The van der Waals surface area contributed by atoms with Crippen LogP contribution in [0.4, 0.5) is 0 Å². The van der Waals surface area contributed by atoms with Crippen LogP contribution in [0, 0.1) is 5.41 Å². The van der Waals surface area contributed by atoms with Gasteiger partial charge in [0.2, 0.25) is 11.8 Å². The largest absolute Gasteiger partial charge is 0.481 e. The van der Waals surface area contributed by atoms with Crippen LogP contribution in [0.1, 0.15) is 41.0 Å². The second-order valence-corrected chi connectivity index (χ2v) is 5.32. The molecule has 104 valence electrons. The van der Waals surface area contributed by atoms with Crippen molar-refractivity contribution in [1.29, 1.82) is 0 Å². The first-order valence-electron chi connectivity index (χ1n) is 5.89. The summed E-state index contributed by atoms with van der Waals surface area (Å²) in [7, 11) is 0. The first-order valence-corrected chi connectivity index (χ1v) is 5.89. The molecule has 0 spiro atoms. The maximum absolute atomic E-state index is 11.6. The number of aliphatic carboxylic acids is 1. The quantitative estimate of drug-likeness (QED) is 0.647. The van der Waals surface area contributed by atoms with Gasteiger partial charge in [-0.25, -0.2) is 0 Å². The van der Waals surface area contributed by atoms with Crippen LogP contribution in [0.25, 0.3) is 0 Å². The Labute approximate surface area is 107 Å². The summed E-state index contributed by atoms with van der Waals surface area (Å²) in [6, 6.07) is -0.684. The van der Waals surface area contributed by atoms with E-state index in [0.29, 0.717) is 0 Å². The molecule has 6 nitrogen and oxygen atoms in total. The third-order valence-electron chi connectivity index (χ3n) is 2.38. The minimum absolute atomic E-state index is 0.00712. The van der Waals surface area contributed by atoms with E-state index in [2.05, 4.69) is 10.6 Å². The Hall–Kier alpha value is -1.59. The van der Waals surface area contributed by atoms with Gasteiger partial charge in [-0.2, -0.15) is 0 Å². The zero-order chi connectivity index (χ0) is 14.5. The van der Waals surface area contributed by atoms with Crippen LogP contribution in [0.3, 0.4) is 0 Å². The lowest BCUT2D eigenvalue weighted by Crippen LogP contribution is -2.47. The molecule has 3 N–H and O–H groups in total. The lowest BCUT2D eigenvalue weighted by Gasteiger charge is -2.20. The average Bonchev–Trinajstić information content (AvgIpc) is 2.14. The summed E-state index contributed by atoms with van der Waals surface area (Å²) in [5.41, 5.74) is -1.14. The van der Waals surface area contributed by atoms with Crippen molar-refractivity contribution >= 4 is 17.8 Å². The van der Waals surface area contributed by atoms with Crippen molar-refractivity contribution in [3.8, 4) is 0 Å². The summed E-state index contributed by atoms with van der Waals surface area (Å²) in [6.07, 6.45) is -0.165. The average molecular weight is 258 g/mol. The van der Waals surface area contributed by atoms with Crippen molar-refractivity contribution in [3.05, 3.63) is 0 Å². The zero-order valence-electron chi connectivity index (χ0n) is 11.5. The van der Waals surface area contributed by atoms with E-state index in [1.54, 1.807) is 6.92 Å². The monoisotopic (exact) mass is 258 g/mol. The topological polar surface area (TPSA) is 95.5 Å². The maximum atomic E-state index is 11.6. The van der Waals surface area contributed by atoms with Crippen molar-refractivity contribution in [1.82, 2.24) is 10.6 Å². The molecule has 0 bridgehead atoms. The van der Waals surface area contributed by atoms with Gasteiger partial charge < -0.3 is 15.7 Å². The number of hydrogen-bond acceptors (Lipinski definition) is 3. The Morgan fingerprint density at radius 2 is 1.61 bits per heavy atom. The molecule has 0 aromatic carbocycles. The molecule has 0 aliphatic rings. The van der Waals surface area contributed by atoms with Crippen LogP contribution in [0.5, 0.6) is 0 Å². The van der Waals surface area contributed by atoms with E-state index >= 15 is 0 Å². The van der Waals surface area contributed by atoms with Gasteiger partial charge in [0.1, 0.15) is 6.04 Å². The minimum atomic E-state index is -1.14. The van der Waals surface area contributed by atoms with Crippen molar-refractivity contribution in [2.45, 2.75) is 53.1 Å². The lowest BCUT2D eigenvalue weighted by molar-refractivity contribution is -0.149. The standard InChI is InChI=1S/C12H22N2O4/c1-7(2)13-10(16)8(3)14-9(15)6-12(4,5)11(17)18/h7-8H,6H2,1-5H3,(H,13,16)(H,14,15)(H,17,18). The van der Waals surface area contributed by atoms with Gasteiger partial charge in [0.15, 0.2) is 0 Å². The molecule has 0 aromatic rings. The second kappa shape index (κ2) is 6.37. The Morgan fingerprint density at radius 3 is 2.00 bits per heavy atom. The number of carbonyl (C=O) groups excluding carboxylic acids is 2. The summed E-state index contributed by atoms with van der Waals surface area (Å²) >= 11 is 0. The SMILES string of the molecule is CC(C)NC(=O)C(C)NC(=O)CC(C)(C)C(=O)O. The molecule has 6 heteroatoms. The Kier molecular flexibility index (Phi) is 5.81. The molecule has 0 saturated carbocycles. The van der Waals surface area contributed by atoms with Crippen molar-refractivity contribution in [2.24, 2.45) is 5.41 Å². The molecule has 2 amide bonds. The van der Waals surface area contributed by atoms with Crippen LogP contribution in [0.2, 0.25) is 0 Å². The van der Waals surface area contributed by atoms with Crippen LogP contribution >= 0.6 is 0 Å². The summed E-state index contributed by atoms with van der Waals surface area (Å²) < 4.78 is 0. The highest BCUT2D eigenvalue weighted by molar-refractivity contribution is 5.89. The second-order valence-electron chi connectivity index (χ2n) is 5.32. The molecule has 18 heavy (non-hydrogen) atoms. The van der Waals surface area contributed by atoms with Crippen LogP contribution in [-0.4, -0.2) is 35.0 Å². The number of carboxylic acid groups (broad SMARTS) is 1. The maximum Gasteiger partial charge on any atom is 0.309 e. The van der Waals surface area contributed by atoms with Gasteiger partial charge in [0, 0.05) is 12.5 Å². The Balaban J connectivity index is 4.33. The molecule has 0 heterocycles. The molecule has 0 fully saturated rings. The molecule has 0 aliphatic heterocycles.